The van der Waals surface area contributed by atoms with Crippen LogP contribution in [0.1, 0.15) is 28.4 Å². The molecule has 37 heavy (non-hydrogen) atoms. The SMILES string of the molecule is CC(CN1CCc2ccc(Nc3ncc4c(n3)OCN(c3c(Cl)cccc3Cl)C4=O)cc2C1)C(F)(F)F. The highest BCUT2D eigenvalue weighted by molar-refractivity contribution is 6.40. The molecular formula is C25H22Cl2F3N5O2. The molecule has 0 saturated carbocycles. The van der Waals surface area contributed by atoms with E-state index in [0.29, 0.717) is 40.9 Å². The number of carbonyl (C=O) groups excluding carboxylic acids is 1. The van der Waals surface area contributed by atoms with Crippen molar-refractivity contribution >= 4 is 46.4 Å². The maximum Gasteiger partial charge on any atom is 0.392 e. The maximum absolute atomic E-state index is 13.1. The third kappa shape index (κ3) is 5.32. The Balaban J connectivity index is 1.31. The predicted octanol–water partition coefficient (Wildman–Crippen LogP) is 6.08. The van der Waals surface area contributed by atoms with E-state index in [1.165, 1.54) is 18.0 Å². The number of hydrogen-bond acceptors (Lipinski definition) is 6. The molecule has 2 aliphatic heterocycles. The summed E-state index contributed by atoms with van der Waals surface area (Å²) < 4.78 is 44.7. The molecular weight excluding hydrogens is 530 g/mol. The van der Waals surface area contributed by atoms with Crippen LogP contribution in [-0.2, 0) is 13.0 Å². The van der Waals surface area contributed by atoms with Gasteiger partial charge in [0.25, 0.3) is 5.91 Å². The molecule has 0 spiro atoms. The number of carbonyl (C=O) groups is 1. The molecule has 1 aromatic heterocycles. The van der Waals surface area contributed by atoms with Crippen LogP contribution in [0.2, 0.25) is 10.0 Å². The van der Waals surface area contributed by atoms with E-state index in [0.717, 1.165) is 11.1 Å². The number of para-hydroxylation sites is 1. The highest BCUT2D eigenvalue weighted by Crippen LogP contribution is 2.37. The van der Waals surface area contributed by atoms with Gasteiger partial charge in [-0.2, -0.15) is 18.2 Å². The number of ether oxygens (including phenoxy) is 1. The Bertz CT molecular complexity index is 1330. The van der Waals surface area contributed by atoms with E-state index in [-0.39, 0.29) is 30.7 Å². The maximum atomic E-state index is 13.1. The lowest BCUT2D eigenvalue weighted by atomic mass is 9.98. The lowest BCUT2D eigenvalue weighted by molar-refractivity contribution is -0.174. The lowest BCUT2D eigenvalue weighted by Crippen LogP contribution is -2.39. The summed E-state index contributed by atoms with van der Waals surface area (Å²) in [5.41, 5.74) is 3.22. The van der Waals surface area contributed by atoms with Crippen LogP contribution in [0.3, 0.4) is 0 Å². The monoisotopic (exact) mass is 551 g/mol. The highest BCUT2D eigenvalue weighted by Gasteiger charge is 2.37. The molecule has 194 valence electrons. The van der Waals surface area contributed by atoms with E-state index in [9.17, 15) is 18.0 Å². The number of rotatable bonds is 5. The average Bonchev–Trinajstić information content (AvgIpc) is 2.84. The quantitative estimate of drug-likeness (QED) is 0.414. The van der Waals surface area contributed by atoms with Crippen molar-refractivity contribution in [1.82, 2.24) is 14.9 Å². The Morgan fingerprint density at radius 2 is 1.92 bits per heavy atom. The fourth-order valence-electron chi connectivity index (χ4n) is 4.39. The molecule has 0 bridgehead atoms. The van der Waals surface area contributed by atoms with Gasteiger partial charge in [-0.15, -0.1) is 0 Å². The van der Waals surface area contributed by atoms with Gasteiger partial charge in [0.15, 0.2) is 6.73 Å². The molecule has 7 nitrogen and oxygen atoms in total. The first-order valence-electron chi connectivity index (χ1n) is 11.5. The Morgan fingerprint density at radius 3 is 2.65 bits per heavy atom. The molecule has 12 heteroatoms. The molecule has 3 aromatic rings. The Kier molecular flexibility index (Phi) is 6.91. The van der Waals surface area contributed by atoms with E-state index in [1.807, 2.05) is 23.1 Å². The van der Waals surface area contributed by atoms with Gasteiger partial charge < -0.3 is 10.1 Å². The van der Waals surface area contributed by atoms with Gasteiger partial charge in [0, 0.05) is 31.5 Å². The minimum absolute atomic E-state index is 0.0453. The third-order valence-electron chi connectivity index (χ3n) is 6.41. The van der Waals surface area contributed by atoms with Gasteiger partial charge in [-0.05, 0) is 41.8 Å². The number of alkyl halides is 3. The summed E-state index contributed by atoms with van der Waals surface area (Å²) in [6.45, 7) is 2.04. The van der Waals surface area contributed by atoms with Crippen molar-refractivity contribution in [3.8, 4) is 5.88 Å². The molecule has 1 amide bonds. The van der Waals surface area contributed by atoms with Crippen molar-refractivity contribution in [2.75, 3.05) is 30.0 Å². The summed E-state index contributed by atoms with van der Waals surface area (Å²) >= 11 is 12.5. The number of amides is 1. The van der Waals surface area contributed by atoms with E-state index in [1.54, 1.807) is 18.2 Å². The van der Waals surface area contributed by atoms with Gasteiger partial charge in [0.2, 0.25) is 11.8 Å². The van der Waals surface area contributed by atoms with E-state index < -0.39 is 18.0 Å². The molecule has 1 unspecified atom stereocenters. The van der Waals surface area contributed by atoms with Crippen molar-refractivity contribution in [1.29, 1.82) is 0 Å². The van der Waals surface area contributed by atoms with Crippen molar-refractivity contribution < 1.29 is 22.7 Å². The highest BCUT2D eigenvalue weighted by atomic mass is 35.5. The second-order valence-corrected chi connectivity index (χ2v) is 9.84. The topological polar surface area (TPSA) is 70.6 Å². The third-order valence-corrected chi connectivity index (χ3v) is 7.02. The zero-order chi connectivity index (χ0) is 26.3. The molecule has 0 saturated heterocycles. The molecule has 0 aliphatic carbocycles. The minimum atomic E-state index is -4.21. The number of aromatic nitrogens is 2. The van der Waals surface area contributed by atoms with Crippen LogP contribution in [-0.4, -0.2) is 46.8 Å². The minimum Gasteiger partial charge on any atom is -0.455 e. The molecule has 3 heterocycles. The van der Waals surface area contributed by atoms with Crippen LogP contribution in [0.4, 0.5) is 30.5 Å². The van der Waals surface area contributed by atoms with Gasteiger partial charge in [-0.1, -0.05) is 42.3 Å². The van der Waals surface area contributed by atoms with Gasteiger partial charge in [-0.3, -0.25) is 14.6 Å². The largest absolute Gasteiger partial charge is 0.455 e. The summed E-state index contributed by atoms with van der Waals surface area (Å²) in [5.74, 6) is -1.46. The van der Waals surface area contributed by atoms with Crippen LogP contribution in [0.15, 0.2) is 42.6 Å². The summed E-state index contributed by atoms with van der Waals surface area (Å²) in [7, 11) is 0. The summed E-state index contributed by atoms with van der Waals surface area (Å²) in [5, 5.41) is 3.71. The van der Waals surface area contributed by atoms with Gasteiger partial charge in [-0.25, -0.2) is 4.98 Å². The Labute approximate surface area is 221 Å². The summed E-state index contributed by atoms with van der Waals surface area (Å²) in [4.78, 5) is 24.8. The number of nitrogens with one attached hydrogen (secondary N) is 1. The Hall–Kier alpha value is -3.08. The van der Waals surface area contributed by atoms with Gasteiger partial charge in [0.1, 0.15) is 5.56 Å². The summed E-state index contributed by atoms with van der Waals surface area (Å²) in [6, 6.07) is 10.6. The lowest BCUT2D eigenvalue weighted by Gasteiger charge is -2.31. The van der Waals surface area contributed by atoms with E-state index in [4.69, 9.17) is 27.9 Å². The van der Waals surface area contributed by atoms with Crippen LogP contribution in [0, 0.1) is 5.92 Å². The first-order chi connectivity index (χ1) is 17.6. The van der Waals surface area contributed by atoms with Crippen LogP contribution in [0.25, 0.3) is 0 Å². The van der Waals surface area contributed by atoms with Crippen LogP contribution < -0.4 is 15.0 Å². The first-order valence-corrected chi connectivity index (χ1v) is 12.3. The first kappa shape index (κ1) is 25.6. The molecule has 5 rings (SSSR count). The number of nitrogens with zero attached hydrogens (tertiary/aromatic N) is 4. The zero-order valence-electron chi connectivity index (χ0n) is 19.6. The number of anilines is 3. The van der Waals surface area contributed by atoms with Crippen molar-refractivity contribution in [3.05, 3.63) is 69.3 Å². The van der Waals surface area contributed by atoms with Gasteiger partial charge in [0.05, 0.1) is 21.7 Å². The zero-order valence-corrected chi connectivity index (χ0v) is 21.2. The van der Waals surface area contributed by atoms with Crippen LogP contribution in [0.5, 0.6) is 5.88 Å². The molecule has 1 atom stereocenters. The second-order valence-electron chi connectivity index (χ2n) is 9.03. The van der Waals surface area contributed by atoms with Crippen molar-refractivity contribution in [2.45, 2.75) is 26.1 Å². The molecule has 2 aromatic carbocycles. The second kappa shape index (κ2) is 10.00. The Morgan fingerprint density at radius 1 is 1.16 bits per heavy atom. The predicted molar refractivity (Wildman–Crippen MR) is 135 cm³/mol. The number of hydrogen-bond donors (Lipinski definition) is 1. The average molecular weight is 552 g/mol. The van der Waals surface area contributed by atoms with Crippen LogP contribution >= 0.6 is 23.2 Å². The molecule has 1 N–H and O–H groups in total. The fraction of sp³-hybridized carbons (Fsp3) is 0.320. The number of halogens is 5. The fourth-order valence-corrected chi connectivity index (χ4v) is 5.00. The van der Waals surface area contributed by atoms with E-state index >= 15 is 0 Å². The number of benzene rings is 2. The molecule has 2 aliphatic rings. The summed E-state index contributed by atoms with van der Waals surface area (Å²) in [6.07, 6.45) is -2.17. The number of fused-ring (bicyclic) bond motifs is 2. The molecule has 0 radical (unpaired) electrons. The standard InChI is InChI=1S/C25H22Cl2F3N5O2/c1-14(25(28,29)30)11-34-8-7-15-5-6-17(9-16(15)12-34)32-24-31-10-18-22(33-24)37-13-35(23(18)36)21-19(26)3-2-4-20(21)27/h2-6,9-10,14H,7-8,11-13H2,1H3,(H,31,32,33). The van der Waals surface area contributed by atoms with Crippen molar-refractivity contribution in [3.63, 3.8) is 0 Å². The normalized spacial score (nSPS) is 16.6. The van der Waals surface area contributed by atoms with Gasteiger partial charge >= 0.3 is 6.18 Å². The molecule has 0 fully saturated rings. The van der Waals surface area contributed by atoms with E-state index in [2.05, 4.69) is 15.3 Å². The smallest absolute Gasteiger partial charge is 0.392 e. The van der Waals surface area contributed by atoms with Crippen molar-refractivity contribution in [2.24, 2.45) is 5.92 Å².